The van der Waals surface area contributed by atoms with Gasteiger partial charge in [0.2, 0.25) is 0 Å². The lowest BCUT2D eigenvalue weighted by Gasteiger charge is -2.34. The molecule has 2 N–H and O–H groups in total. The van der Waals surface area contributed by atoms with E-state index in [1.165, 1.54) is 11.3 Å². The van der Waals surface area contributed by atoms with Gasteiger partial charge in [-0.2, -0.15) is 13.2 Å². The molecule has 0 aliphatic carbocycles. The van der Waals surface area contributed by atoms with Crippen molar-refractivity contribution in [3.05, 3.63) is 40.3 Å². The Balaban J connectivity index is 1.95. The van der Waals surface area contributed by atoms with Crippen LogP contribution in [0, 0.1) is 6.92 Å². The molecule has 0 bridgehead atoms. The van der Waals surface area contributed by atoms with Gasteiger partial charge in [0.1, 0.15) is 5.54 Å². The SMILES string of the molecule is Cc1cncc(-c2csc([C@]3(C)C[C@@H](C(F)(F)F)OC(N)=N3)c2)c1. The molecule has 0 unspecified atom stereocenters. The summed E-state index contributed by atoms with van der Waals surface area (Å²) < 4.78 is 43.8. The number of hydrogen-bond acceptors (Lipinski definition) is 5. The van der Waals surface area contributed by atoms with Crippen LogP contribution < -0.4 is 5.73 Å². The van der Waals surface area contributed by atoms with Crippen molar-refractivity contribution in [1.29, 1.82) is 0 Å². The number of ether oxygens (including phenoxy) is 1. The van der Waals surface area contributed by atoms with Gasteiger partial charge >= 0.3 is 6.18 Å². The van der Waals surface area contributed by atoms with Crippen molar-refractivity contribution in [3.63, 3.8) is 0 Å². The van der Waals surface area contributed by atoms with Crippen LogP contribution in [0.2, 0.25) is 0 Å². The summed E-state index contributed by atoms with van der Waals surface area (Å²) in [7, 11) is 0. The molecule has 2 aromatic heterocycles. The molecule has 1 aliphatic rings. The molecule has 1 aliphatic heterocycles. The first-order valence-corrected chi connectivity index (χ1v) is 8.15. The fourth-order valence-corrected chi connectivity index (χ4v) is 3.72. The molecule has 0 fully saturated rings. The zero-order valence-corrected chi connectivity index (χ0v) is 13.9. The zero-order chi connectivity index (χ0) is 17.5. The Morgan fingerprint density at radius 3 is 2.71 bits per heavy atom. The van der Waals surface area contributed by atoms with Gasteiger partial charge in [0.15, 0.2) is 6.10 Å². The van der Waals surface area contributed by atoms with Crippen molar-refractivity contribution < 1.29 is 17.9 Å². The molecule has 3 heterocycles. The van der Waals surface area contributed by atoms with Crippen molar-refractivity contribution in [1.82, 2.24) is 4.98 Å². The Labute approximate surface area is 141 Å². The number of nitrogens with two attached hydrogens (primary N) is 1. The standard InChI is InChI=1S/C16H16F3N3OS/c1-9-3-10(7-21-6-9)11-4-13(24-8-11)15(2)5-12(16(17,18)19)23-14(20)22-15/h3-4,6-8,12H,5H2,1-2H3,(H2,20,22)/t12-,15-/m0/s1. The highest BCUT2D eigenvalue weighted by molar-refractivity contribution is 7.10. The summed E-state index contributed by atoms with van der Waals surface area (Å²) in [5, 5.41) is 1.89. The second kappa shape index (κ2) is 5.77. The average Bonchev–Trinajstić information content (AvgIpc) is 2.96. The van der Waals surface area contributed by atoms with E-state index in [4.69, 9.17) is 5.73 Å². The Kier molecular flexibility index (Phi) is 4.03. The normalized spacial score (nSPS) is 24.4. The number of pyridine rings is 1. The first-order valence-electron chi connectivity index (χ1n) is 7.27. The number of rotatable bonds is 2. The first-order chi connectivity index (χ1) is 11.2. The summed E-state index contributed by atoms with van der Waals surface area (Å²) in [5.41, 5.74) is 7.25. The van der Waals surface area contributed by atoms with Gasteiger partial charge in [-0.1, -0.05) is 0 Å². The van der Waals surface area contributed by atoms with Gasteiger partial charge in [-0.15, -0.1) is 11.3 Å². The minimum Gasteiger partial charge on any atom is -0.452 e. The van der Waals surface area contributed by atoms with Crippen LogP contribution in [0.1, 0.15) is 23.8 Å². The second-order valence-electron chi connectivity index (χ2n) is 6.03. The van der Waals surface area contributed by atoms with Crippen molar-refractivity contribution in [2.45, 2.75) is 38.1 Å². The van der Waals surface area contributed by atoms with E-state index in [9.17, 15) is 13.2 Å². The van der Waals surface area contributed by atoms with Gasteiger partial charge < -0.3 is 10.5 Å². The van der Waals surface area contributed by atoms with Gasteiger partial charge in [-0.3, -0.25) is 4.98 Å². The number of alkyl halides is 3. The molecule has 3 rings (SSSR count). The Hall–Kier alpha value is -2.09. The predicted octanol–water partition coefficient (Wildman–Crippen LogP) is 4.00. The molecule has 0 radical (unpaired) electrons. The maximum absolute atomic E-state index is 13.0. The van der Waals surface area contributed by atoms with Crippen LogP contribution in [0.3, 0.4) is 0 Å². The van der Waals surface area contributed by atoms with E-state index in [2.05, 4.69) is 14.7 Å². The van der Waals surface area contributed by atoms with Gasteiger partial charge in [0.05, 0.1) is 0 Å². The monoisotopic (exact) mass is 355 g/mol. The molecule has 2 aromatic rings. The predicted molar refractivity (Wildman–Crippen MR) is 86.8 cm³/mol. The lowest BCUT2D eigenvalue weighted by atomic mass is 9.91. The van der Waals surface area contributed by atoms with Gasteiger partial charge in [0.25, 0.3) is 6.02 Å². The summed E-state index contributed by atoms with van der Waals surface area (Å²) in [6.45, 7) is 3.58. The molecular weight excluding hydrogens is 339 g/mol. The van der Waals surface area contributed by atoms with E-state index in [0.717, 1.165) is 16.7 Å². The van der Waals surface area contributed by atoms with Gasteiger partial charge in [-0.05, 0) is 42.5 Å². The summed E-state index contributed by atoms with van der Waals surface area (Å²) in [6, 6.07) is 3.39. The number of aryl methyl sites for hydroxylation is 1. The maximum Gasteiger partial charge on any atom is 0.425 e. The fourth-order valence-electron chi connectivity index (χ4n) is 2.68. The number of aliphatic imine (C=N–C) groups is 1. The molecule has 0 amide bonds. The van der Waals surface area contributed by atoms with Crippen LogP contribution in [-0.2, 0) is 10.3 Å². The summed E-state index contributed by atoms with van der Waals surface area (Å²) in [6.07, 6.45) is -3.27. The highest BCUT2D eigenvalue weighted by Gasteiger charge is 2.49. The number of nitrogens with zero attached hydrogens (tertiary/aromatic N) is 2. The van der Waals surface area contributed by atoms with E-state index in [1.54, 1.807) is 19.3 Å². The number of halogens is 3. The third-order valence-corrected chi connectivity index (χ3v) is 5.09. The lowest BCUT2D eigenvalue weighted by Crippen LogP contribution is -2.45. The van der Waals surface area contributed by atoms with E-state index >= 15 is 0 Å². The molecule has 128 valence electrons. The highest BCUT2D eigenvalue weighted by Crippen LogP contribution is 2.43. The highest BCUT2D eigenvalue weighted by atomic mass is 32.1. The van der Waals surface area contributed by atoms with E-state index in [-0.39, 0.29) is 6.42 Å². The Morgan fingerprint density at radius 1 is 1.29 bits per heavy atom. The van der Waals surface area contributed by atoms with Crippen LogP contribution in [-0.4, -0.2) is 23.3 Å². The minimum atomic E-state index is -4.48. The molecule has 2 atom stereocenters. The molecule has 8 heteroatoms. The third-order valence-electron chi connectivity index (χ3n) is 3.91. The van der Waals surface area contributed by atoms with Crippen LogP contribution in [0.25, 0.3) is 11.1 Å². The van der Waals surface area contributed by atoms with Crippen molar-refractivity contribution in [2.75, 3.05) is 0 Å². The Bertz CT molecular complexity index is 787. The van der Waals surface area contributed by atoms with Crippen molar-refractivity contribution in [2.24, 2.45) is 10.7 Å². The number of hydrogen-bond donors (Lipinski definition) is 1. The van der Waals surface area contributed by atoms with Crippen LogP contribution >= 0.6 is 11.3 Å². The quantitative estimate of drug-likeness (QED) is 0.886. The summed E-state index contributed by atoms with van der Waals surface area (Å²) in [4.78, 5) is 8.99. The molecule has 4 nitrogen and oxygen atoms in total. The second-order valence-corrected chi connectivity index (χ2v) is 6.94. The lowest BCUT2D eigenvalue weighted by molar-refractivity contribution is -0.208. The Morgan fingerprint density at radius 2 is 2.04 bits per heavy atom. The zero-order valence-electron chi connectivity index (χ0n) is 13.1. The molecule has 0 saturated carbocycles. The number of amidine groups is 1. The van der Waals surface area contributed by atoms with Crippen molar-refractivity contribution in [3.8, 4) is 11.1 Å². The smallest absolute Gasteiger partial charge is 0.425 e. The van der Waals surface area contributed by atoms with Crippen molar-refractivity contribution >= 4 is 17.4 Å². The number of thiophene rings is 1. The molecule has 0 aromatic carbocycles. The number of aromatic nitrogens is 1. The third kappa shape index (κ3) is 3.24. The summed E-state index contributed by atoms with van der Waals surface area (Å²) in [5.74, 6) is 0. The van der Waals surface area contributed by atoms with Gasteiger partial charge in [0, 0.05) is 29.3 Å². The largest absolute Gasteiger partial charge is 0.452 e. The van der Waals surface area contributed by atoms with Crippen LogP contribution in [0.4, 0.5) is 13.2 Å². The van der Waals surface area contributed by atoms with Crippen LogP contribution in [0.15, 0.2) is 34.9 Å². The fraction of sp³-hybridized carbons (Fsp3) is 0.375. The molecule has 24 heavy (non-hydrogen) atoms. The molecule has 0 spiro atoms. The summed E-state index contributed by atoms with van der Waals surface area (Å²) >= 11 is 1.36. The van der Waals surface area contributed by atoms with E-state index in [1.807, 2.05) is 24.4 Å². The maximum atomic E-state index is 13.0. The van der Waals surface area contributed by atoms with Gasteiger partial charge in [-0.25, -0.2) is 4.99 Å². The topological polar surface area (TPSA) is 60.5 Å². The molecular formula is C16H16F3N3OS. The minimum absolute atomic E-state index is 0.302. The average molecular weight is 355 g/mol. The first kappa shape index (κ1) is 16.8. The van der Waals surface area contributed by atoms with Crippen LogP contribution in [0.5, 0.6) is 0 Å². The molecule has 0 saturated heterocycles. The van der Waals surface area contributed by atoms with E-state index < -0.39 is 23.8 Å². The van der Waals surface area contributed by atoms with E-state index in [0.29, 0.717) is 4.88 Å².